The number of benzene rings is 3. The first-order chi connectivity index (χ1) is 14.5. The average Bonchev–Trinajstić information content (AvgIpc) is 2.75. The van der Waals surface area contributed by atoms with Crippen molar-refractivity contribution in [2.24, 2.45) is 0 Å². The van der Waals surface area contributed by atoms with E-state index in [1.165, 1.54) is 24.3 Å². The van der Waals surface area contributed by atoms with Gasteiger partial charge < -0.3 is 15.4 Å². The molecule has 30 heavy (non-hydrogen) atoms. The van der Waals surface area contributed by atoms with Crippen LogP contribution >= 0.6 is 0 Å². The highest BCUT2D eigenvalue weighted by molar-refractivity contribution is 5.76. The van der Waals surface area contributed by atoms with Crippen molar-refractivity contribution in [2.75, 3.05) is 6.54 Å². The summed E-state index contributed by atoms with van der Waals surface area (Å²) in [4.78, 5) is 12.3. The van der Waals surface area contributed by atoms with E-state index in [4.69, 9.17) is 0 Å². The van der Waals surface area contributed by atoms with Crippen molar-refractivity contribution in [2.45, 2.75) is 19.2 Å². The van der Waals surface area contributed by atoms with Crippen molar-refractivity contribution < 1.29 is 28.0 Å². The maximum absolute atomic E-state index is 13.0. The van der Waals surface area contributed by atoms with Crippen LogP contribution in [-0.2, 0) is 11.3 Å². The van der Waals surface area contributed by atoms with Gasteiger partial charge in [0, 0.05) is 17.7 Å². The Bertz CT molecular complexity index is 933. The summed E-state index contributed by atoms with van der Waals surface area (Å²) in [5.41, 5.74) is 2.64. The summed E-state index contributed by atoms with van der Waals surface area (Å²) in [5, 5.41) is 4.68. The molecule has 156 valence electrons. The van der Waals surface area contributed by atoms with Crippen LogP contribution in [0, 0.1) is 5.82 Å². The third-order valence-corrected chi connectivity index (χ3v) is 4.56. The first kappa shape index (κ1) is 21.4. The number of carbonyl (C=O) groups is 1. The number of carbonyl (C=O) groups excluding carboxylic acids is 1. The van der Waals surface area contributed by atoms with E-state index in [0.29, 0.717) is 6.54 Å². The molecule has 0 heterocycles. The molecule has 7 heteroatoms. The van der Waals surface area contributed by atoms with Gasteiger partial charge in [-0.25, -0.2) is 4.39 Å². The number of nitrogens with one attached hydrogen (secondary N) is 1. The molecule has 3 aromatic carbocycles. The van der Waals surface area contributed by atoms with Gasteiger partial charge in [0.2, 0.25) is 0 Å². The van der Waals surface area contributed by atoms with Gasteiger partial charge >= 0.3 is 6.61 Å². The van der Waals surface area contributed by atoms with Crippen LogP contribution in [0.25, 0.3) is 0 Å². The topological polar surface area (TPSA) is 54.9 Å². The molecule has 0 unspecified atom stereocenters. The van der Waals surface area contributed by atoms with Crippen LogP contribution in [-0.4, -0.2) is 19.1 Å². The van der Waals surface area contributed by atoms with Crippen molar-refractivity contribution >= 4 is 5.91 Å². The summed E-state index contributed by atoms with van der Waals surface area (Å²) >= 11 is 0. The van der Waals surface area contributed by atoms with Crippen molar-refractivity contribution in [1.82, 2.24) is 5.32 Å². The fourth-order valence-corrected chi connectivity index (χ4v) is 3.08. The Morgan fingerprint density at radius 3 is 2.17 bits per heavy atom. The lowest BCUT2D eigenvalue weighted by molar-refractivity contribution is -0.676. The Morgan fingerprint density at radius 2 is 1.53 bits per heavy atom. The molecule has 4 nitrogen and oxygen atoms in total. The monoisotopic (exact) mass is 415 g/mol. The largest absolute Gasteiger partial charge is 0.435 e. The fourth-order valence-electron chi connectivity index (χ4n) is 3.08. The molecule has 0 aromatic heterocycles. The molecule has 0 aliphatic rings. The van der Waals surface area contributed by atoms with E-state index in [2.05, 4.69) is 10.1 Å². The van der Waals surface area contributed by atoms with Gasteiger partial charge in [0.25, 0.3) is 5.91 Å². The summed E-state index contributed by atoms with van der Waals surface area (Å²) in [6, 6.07) is 21.7. The minimum atomic E-state index is -2.88. The summed E-state index contributed by atoms with van der Waals surface area (Å²) in [6.45, 7) is -2.41. The van der Waals surface area contributed by atoms with E-state index in [-0.39, 0.29) is 30.1 Å². The van der Waals surface area contributed by atoms with Gasteiger partial charge in [0.15, 0.2) is 6.54 Å². The number of halogens is 3. The molecule has 1 amide bonds. The van der Waals surface area contributed by atoms with E-state index >= 15 is 0 Å². The molecular weight excluding hydrogens is 393 g/mol. The Kier molecular flexibility index (Phi) is 7.45. The maximum atomic E-state index is 13.0. The Morgan fingerprint density at radius 1 is 0.900 bits per heavy atom. The number of nitrogens with two attached hydrogens (primary N) is 1. The van der Waals surface area contributed by atoms with Gasteiger partial charge in [-0.2, -0.15) is 8.78 Å². The number of hydrogen-bond donors (Lipinski definition) is 2. The number of quaternary nitrogens is 1. The predicted octanol–water partition coefficient (Wildman–Crippen LogP) is 3.40. The van der Waals surface area contributed by atoms with Crippen LogP contribution in [0.2, 0.25) is 0 Å². The number of amides is 1. The predicted molar refractivity (Wildman–Crippen MR) is 106 cm³/mol. The van der Waals surface area contributed by atoms with Crippen LogP contribution < -0.4 is 15.4 Å². The molecule has 0 fully saturated rings. The second-order valence-electron chi connectivity index (χ2n) is 6.68. The zero-order valence-electron chi connectivity index (χ0n) is 16.1. The number of ether oxygens (including phenoxy) is 1. The minimum absolute atomic E-state index is 0.0811. The molecule has 0 aliphatic carbocycles. The van der Waals surface area contributed by atoms with Crippen molar-refractivity contribution in [3.63, 3.8) is 0 Å². The fraction of sp³-hybridized carbons (Fsp3) is 0.174. The van der Waals surface area contributed by atoms with Crippen molar-refractivity contribution in [3.8, 4) is 5.75 Å². The Labute approximate surface area is 172 Å². The standard InChI is InChI=1S/C23H21F3N2O2/c24-19-10-6-16(7-11-19)14-27-21(29)15-28-22(17-4-2-1-3-5-17)18-8-12-20(13-9-18)30-23(25)26/h1-13,22-23,28H,14-15H2,(H,27,29)/p+1/t22-/m0/s1. The Hall–Kier alpha value is -3.32. The second-order valence-corrected chi connectivity index (χ2v) is 6.68. The number of hydrogen-bond acceptors (Lipinski definition) is 2. The molecule has 0 saturated carbocycles. The highest BCUT2D eigenvalue weighted by Crippen LogP contribution is 2.22. The molecule has 0 bridgehead atoms. The summed E-state index contributed by atoms with van der Waals surface area (Å²) < 4.78 is 42.1. The summed E-state index contributed by atoms with van der Waals surface area (Å²) in [6.07, 6.45) is 0. The summed E-state index contributed by atoms with van der Waals surface area (Å²) in [7, 11) is 0. The number of rotatable bonds is 9. The van der Waals surface area contributed by atoms with Gasteiger partial charge in [-0.1, -0.05) is 42.5 Å². The van der Waals surface area contributed by atoms with Gasteiger partial charge in [-0.05, 0) is 42.0 Å². The van der Waals surface area contributed by atoms with E-state index in [0.717, 1.165) is 16.7 Å². The van der Waals surface area contributed by atoms with Crippen LogP contribution in [0.1, 0.15) is 22.7 Å². The highest BCUT2D eigenvalue weighted by atomic mass is 19.3. The van der Waals surface area contributed by atoms with Crippen molar-refractivity contribution in [1.29, 1.82) is 0 Å². The highest BCUT2D eigenvalue weighted by Gasteiger charge is 2.19. The first-order valence-corrected chi connectivity index (χ1v) is 9.45. The van der Waals surface area contributed by atoms with E-state index in [1.54, 1.807) is 24.3 Å². The van der Waals surface area contributed by atoms with Crippen LogP contribution in [0.4, 0.5) is 13.2 Å². The molecule has 3 aromatic rings. The lowest BCUT2D eigenvalue weighted by atomic mass is 9.98. The van der Waals surface area contributed by atoms with Crippen LogP contribution in [0.5, 0.6) is 5.75 Å². The molecule has 0 saturated heterocycles. The number of alkyl halides is 2. The van der Waals surface area contributed by atoms with Crippen LogP contribution in [0.15, 0.2) is 78.9 Å². The molecular formula is C23H22F3N2O2+. The normalized spacial score (nSPS) is 11.9. The lowest BCUT2D eigenvalue weighted by Gasteiger charge is -2.17. The molecule has 0 spiro atoms. The molecule has 1 atom stereocenters. The van der Waals surface area contributed by atoms with E-state index < -0.39 is 6.61 Å². The minimum Gasteiger partial charge on any atom is -0.435 e. The van der Waals surface area contributed by atoms with E-state index in [1.807, 2.05) is 35.6 Å². The van der Waals surface area contributed by atoms with Crippen LogP contribution in [0.3, 0.4) is 0 Å². The van der Waals surface area contributed by atoms with Gasteiger partial charge in [0.05, 0.1) is 0 Å². The zero-order valence-corrected chi connectivity index (χ0v) is 16.1. The Balaban J connectivity index is 1.64. The maximum Gasteiger partial charge on any atom is 0.387 e. The average molecular weight is 415 g/mol. The quantitative estimate of drug-likeness (QED) is 0.563. The third-order valence-electron chi connectivity index (χ3n) is 4.56. The molecule has 3 N–H and O–H groups in total. The van der Waals surface area contributed by atoms with Gasteiger partial charge in [-0.15, -0.1) is 0 Å². The molecule has 0 radical (unpaired) electrons. The zero-order chi connectivity index (χ0) is 21.3. The first-order valence-electron chi connectivity index (χ1n) is 9.45. The molecule has 0 aliphatic heterocycles. The van der Waals surface area contributed by atoms with Gasteiger partial charge in [-0.3, -0.25) is 4.79 Å². The van der Waals surface area contributed by atoms with E-state index in [9.17, 15) is 18.0 Å². The van der Waals surface area contributed by atoms with Gasteiger partial charge in [0.1, 0.15) is 17.6 Å². The lowest BCUT2D eigenvalue weighted by Crippen LogP contribution is -2.87. The SMILES string of the molecule is O=C(C[NH2+][C@@H](c1ccccc1)c1ccc(OC(F)F)cc1)NCc1ccc(F)cc1. The third kappa shape index (κ3) is 6.35. The molecule has 3 rings (SSSR count). The smallest absolute Gasteiger partial charge is 0.387 e. The summed E-state index contributed by atoms with van der Waals surface area (Å²) in [5.74, 6) is -0.412. The second kappa shape index (κ2) is 10.5. The van der Waals surface area contributed by atoms with Crippen molar-refractivity contribution in [3.05, 3.63) is 101 Å².